The van der Waals surface area contributed by atoms with Crippen molar-refractivity contribution in [3.05, 3.63) is 59.2 Å². The zero-order valence-electron chi connectivity index (χ0n) is 11.1. The molecule has 1 heterocycles. The third-order valence-corrected chi connectivity index (χ3v) is 3.15. The first-order valence-electron chi connectivity index (χ1n) is 6.28. The average molecular weight is 241 g/mol. The molecule has 0 amide bonds. The molecule has 1 N–H and O–H groups in total. The van der Waals surface area contributed by atoms with Crippen molar-refractivity contribution in [1.29, 1.82) is 0 Å². The van der Waals surface area contributed by atoms with Crippen molar-refractivity contribution in [2.75, 3.05) is 6.54 Å². The number of aryl methyl sites for hydroxylation is 2. The fourth-order valence-corrected chi connectivity index (χ4v) is 2.33. The van der Waals surface area contributed by atoms with Crippen LogP contribution in [-0.4, -0.2) is 16.5 Å². The molecule has 1 atom stereocenters. The van der Waals surface area contributed by atoms with Gasteiger partial charge in [-0.05, 0) is 37.1 Å². The zero-order valence-corrected chi connectivity index (χ0v) is 11.1. The molecule has 2 aromatic rings. The smallest absolute Gasteiger partial charge is 0.115 e. The van der Waals surface area contributed by atoms with Crippen molar-refractivity contribution < 1.29 is 0 Å². The predicted molar refractivity (Wildman–Crippen MR) is 73.5 cm³/mol. The van der Waals surface area contributed by atoms with Crippen molar-refractivity contribution in [3.8, 4) is 0 Å². The summed E-state index contributed by atoms with van der Waals surface area (Å²) in [7, 11) is 0. The van der Waals surface area contributed by atoms with E-state index in [1.807, 2.05) is 12.4 Å². The second kappa shape index (κ2) is 5.74. The van der Waals surface area contributed by atoms with E-state index < -0.39 is 0 Å². The summed E-state index contributed by atoms with van der Waals surface area (Å²) in [5.74, 6) is 0. The molecule has 0 aliphatic rings. The molecule has 1 aromatic heterocycles. The molecule has 1 aromatic carbocycles. The minimum absolute atomic E-state index is 0.164. The Morgan fingerprint density at radius 1 is 1.11 bits per heavy atom. The van der Waals surface area contributed by atoms with E-state index in [4.69, 9.17) is 0 Å². The molecule has 0 bridgehead atoms. The molecule has 2 rings (SSSR count). The van der Waals surface area contributed by atoms with Crippen LogP contribution in [0.1, 0.15) is 35.2 Å². The molecule has 0 radical (unpaired) electrons. The molecule has 0 saturated carbocycles. The van der Waals surface area contributed by atoms with Gasteiger partial charge in [0.15, 0.2) is 0 Å². The van der Waals surface area contributed by atoms with E-state index in [-0.39, 0.29) is 6.04 Å². The summed E-state index contributed by atoms with van der Waals surface area (Å²) in [6.07, 6.45) is 5.33. The molecule has 94 valence electrons. The van der Waals surface area contributed by atoms with Gasteiger partial charge in [-0.1, -0.05) is 25.1 Å². The van der Waals surface area contributed by atoms with Crippen LogP contribution in [0.25, 0.3) is 0 Å². The first-order valence-corrected chi connectivity index (χ1v) is 6.28. The van der Waals surface area contributed by atoms with Crippen LogP contribution in [0.15, 0.2) is 36.9 Å². The number of nitrogens with one attached hydrogen (secondary N) is 1. The Bertz CT molecular complexity index is 488. The summed E-state index contributed by atoms with van der Waals surface area (Å²) in [6.45, 7) is 7.32. The van der Waals surface area contributed by atoms with E-state index in [9.17, 15) is 0 Å². The molecule has 0 fully saturated rings. The summed E-state index contributed by atoms with van der Waals surface area (Å²) < 4.78 is 0. The highest BCUT2D eigenvalue weighted by Gasteiger charge is 2.17. The molecule has 3 heteroatoms. The van der Waals surface area contributed by atoms with Gasteiger partial charge in [-0.2, -0.15) is 0 Å². The van der Waals surface area contributed by atoms with Gasteiger partial charge in [0.05, 0.1) is 6.04 Å². The molecule has 0 aliphatic heterocycles. The Balaban J connectivity index is 2.48. The molecule has 0 aliphatic carbocycles. The van der Waals surface area contributed by atoms with Crippen LogP contribution >= 0.6 is 0 Å². The molecular weight excluding hydrogens is 222 g/mol. The highest BCUT2D eigenvalue weighted by molar-refractivity contribution is 5.40. The van der Waals surface area contributed by atoms with Crippen molar-refractivity contribution in [1.82, 2.24) is 15.3 Å². The van der Waals surface area contributed by atoms with E-state index in [2.05, 4.69) is 54.3 Å². The third-order valence-electron chi connectivity index (χ3n) is 3.15. The highest BCUT2D eigenvalue weighted by atomic mass is 14.9. The second-order valence-corrected chi connectivity index (χ2v) is 4.47. The first-order chi connectivity index (χ1) is 8.74. The minimum Gasteiger partial charge on any atom is -0.306 e. The Morgan fingerprint density at radius 2 is 1.72 bits per heavy atom. The molecule has 18 heavy (non-hydrogen) atoms. The second-order valence-electron chi connectivity index (χ2n) is 4.47. The van der Waals surface area contributed by atoms with Crippen LogP contribution in [0, 0.1) is 13.8 Å². The van der Waals surface area contributed by atoms with Crippen LogP contribution in [0.3, 0.4) is 0 Å². The van der Waals surface area contributed by atoms with Gasteiger partial charge < -0.3 is 5.32 Å². The number of nitrogens with zero attached hydrogens (tertiary/aromatic N) is 2. The van der Waals surface area contributed by atoms with Crippen LogP contribution in [0.5, 0.6) is 0 Å². The van der Waals surface area contributed by atoms with Gasteiger partial charge in [0, 0.05) is 18.0 Å². The van der Waals surface area contributed by atoms with Crippen molar-refractivity contribution in [3.63, 3.8) is 0 Å². The van der Waals surface area contributed by atoms with Gasteiger partial charge in [0.2, 0.25) is 0 Å². The van der Waals surface area contributed by atoms with Gasteiger partial charge in [0.1, 0.15) is 6.33 Å². The largest absolute Gasteiger partial charge is 0.306 e. The van der Waals surface area contributed by atoms with E-state index >= 15 is 0 Å². The van der Waals surface area contributed by atoms with E-state index in [0.717, 1.165) is 12.1 Å². The minimum atomic E-state index is 0.164. The summed E-state index contributed by atoms with van der Waals surface area (Å²) in [6, 6.07) is 6.56. The quantitative estimate of drug-likeness (QED) is 0.894. The Morgan fingerprint density at radius 3 is 2.28 bits per heavy atom. The predicted octanol–water partition coefficient (Wildman–Crippen LogP) is 2.79. The van der Waals surface area contributed by atoms with Gasteiger partial charge in [-0.25, -0.2) is 9.97 Å². The fraction of sp³-hybridized carbons (Fsp3) is 0.333. The summed E-state index contributed by atoms with van der Waals surface area (Å²) in [5, 5.41) is 3.52. The molecule has 3 nitrogen and oxygen atoms in total. The third kappa shape index (κ3) is 2.57. The Labute approximate surface area is 108 Å². The zero-order chi connectivity index (χ0) is 13.0. The normalized spacial score (nSPS) is 12.4. The molecular formula is C15H19N3. The monoisotopic (exact) mass is 241 g/mol. The maximum Gasteiger partial charge on any atom is 0.115 e. The number of aromatic nitrogens is 2. The fourth-order valence-electron chi connectivity index (χ4n) is 2.33. The lowest BCUT2D eigenvalue weighted by atomic mass is 9.92. The van der Waals surface area contributed by atoms with Gasteiger partial charge >= 0.3 is 0 Å². The maximum absolute atomic E-state index is 4.12. The number of rotatable bonds is 4. The number of hydrogen-bond acceptors (Lipinski definition) is 3. The van der Waals surface area contributed by atoms with Gasteiger partial charge in [-0.15, -0.1) is 0 Å². The molecule has 0 saturated heterocycles. The van der Waals surface area contributed by atoms with Crippen molar-refractivity contribution in [2.45, 2.75) is 26.8 Å². The van der Waals surface area contributed by atoms with Crippen molar-refractivity contribution >= 4 is 0 Å². The molecule has 1 unspecified atom stereocenters. The first kappa shape index (κ1) is 12.7. The van der Waals surface area contributed by atoms with Crippen LogP contribution in [0.4, 0.5) is 0 Å². The van der Waals surface area contributed by atoms with Crippen molar-refractivity contribution in [2.24, 2.45) is 0 Å². The molecule has 0 spiro atoms. The van der Waals surface area contributed by atoms with E-state index in [0.29, 0.717) is 0 Å². The van der Waals surface area contributed by atoms with Gasteiger partial charge in [0.25, 0.3) is 0 Å². The van der Waals surface area contributed by atoms with Crippen LogP contribution in [0.2, 0.25) is 0 Å². The number of hydrogen-bond donors (Lipinski definition) is 1. The Kier molecular flexibility index (Phi) is 4.05. The van der Waals surface area contributed by atoms with E-state index in [1.54, 1.807) is 6.33 Å². The summed E-state index contributed by atoms with van der Waals surface area (Å²) in [4.78, 5) is 8.24. The standard InChI is InChI=1S/C15H19N3/c1-4-18-15(13-8-16-10-17-9-13)14-11(2)6-5-7-12(14)3/h5-10,15,18H,4H2,1-3H3. The van der Waals surface area contributed by atoms with Gasteiger partial charge in [-0.3, -0.25) is 0 Å². The SMILES string of the molecule is CCNC(c1cncnc1)c1c(C)cccc1C. The lowest BCUT2D eigenvalue weighted by molar-refractivity contribution is 0.620. The average Bonchev–Trinajstić information content (AvgIpc) is 2.38. The Hall–Kier alpha value is -1.74. The lowest BCUT2D eigenvalue weighted by Gasteiger charge is -2.22. The lowest BCUT2D eigenvalue weighted by Crippen LogP contribution is -2.24. The summed E-state index contributed by atoms with van der Waals surface area (Å²) >= 11 is 0. The van der Waals surface area contributed by atoms with Crippen LogP contribution < -0.4 is 5.32 Å². The van der Waals surface area contributed by atoms with Crippen LogP contribution in [-0.2, 0) is 0 Å². The highest BCUT2D eigenvalue weighted by Crippen LogP contribution is 2.26. The maximum atomic E-state index is 4.12. The van der Waals surface area contributed by atoms with E-state index in [1.165, 1.54) is 16.7 Å². The number of benzene rings is 1. The topological polar surface area (TPSA) is 37.8 Å². The summed E-state index contributed by atoms with van der Waals surface area (Å²) in [5.41, 5.74) is 5.03.